The third-order valence-corrected chi connectivity index (χ3v) is 3.46. The second kappa shape index (κ2) is 6.67. The van der Waals surface area contributed by atoms with Gasteiger partial charge < -0.3 is 14.9 Å². The molecule has 1 aliphatic heterocycles. The van der Waals surface area contributed by atoms with Crippen molar-refractivity contribution in [2.24, 2.45) is 0 Å². The van der Waals surface area contributed by atoms with Crippen LogP contribution in [0.1, 0.15) is 24.0 Å². The number of aliphatic hydroxyl groups is 1. The molecule has 0 bridgehead atoms. The van der Waals surface area contributed by atoms with Gasteiger partial charge in [-0.15, -0.1) is 0 Å². The summed E-state index contributed by atoms with van der Waals surface area (Å²) in [7, 11) is 0. The molecule has 1 aliphatic rings. The molecule has 0 aromatic heterocycles. The van der Waals surface area contributed by atoms with Crippen LogP contribution >= 0.6 is 0 Å². The Kier molecular flexibility index (Phi) is 4.92. The van der Waals surface area contributed by atoms with Gasteiger partial charge >= 0.3 is 6.09 Å². The Labute approximate surface area is 116 Å². The van der Waals surface area contributed by atoms with Crippen LogP contribution in [0, 0.1) is 5.82 Å². The minimum Gasteiger partial charge on any atom is -0.465 e. The predicted octanol–water partition coefficient (Wildman–Crippen LogP) is 1.98. The van der Waals surface area contributed by atoms with E-state index < -0.39 is 12.3 Å². The van der Waals surface area contributed by atoms with Crippen molar-refractivity contribution in [3.05, 3.63) is 35.1 Å². The number of benzene rings is 1. The lowest BCUT2D eigenvalue weighted by Gasteiger charge is -2.21. The Bertz CT molecular complexity index is 480. The van der Waals surface area contributed by atoms with Gasteiger partial charge in [-0.3, -0.25) is 4.90 Å². The number of nitrogens with zero attached hydrogens (tertiary/aromatic N) is 1. The molecule has 1 heterocycles. The molecule has 1 fully saturated rings. The number of carbonyl (C=O) groups is 1. The van der Waals surface area contributed by atoms with E-state index in [-0.39, 0.29) is 12.4 Å². The number of likely N-dealkylation sites (tertiary alicyclic amines) is 1. The van der Waals surface area contributed by atoms with Crippen molar-refractivity contribution in [1.29, 1.82) is 0 Å². The fraction of sp³-hybridized carbons (Fsp3) is 0.500. The Balaban J connectivity index is 1.88. The summed E-state index contributed by atoms with van der Waals surface area (Å²) in [5, 5.41) is 18.2. The van der Waals surface area contributed by atoms with Crippen LogP contribution in [-0.2, 0) is 17.8 Å². The highest BCUT2D eigenvalue weighted by atomic mass is 19.1. The number of amides is 1. The first-order valence-electron chi connectivity index (χ1n) is 6.61. The molecule has 5 nitrogen and oxygen atoms in total. The largest absolute Gasteiger partial charge is 0.465 e. The van der Waals surface area contributed by atoms with Gasteiger partial charge in [-0.1, -0.05) is 6.07 Å². The number of carboxylic acid groups (broad SMARTS) is 1. The van der Waals surface area contributed by atoms with Crippen LogP contribution in [0.4, 0.5) is 9.18 Å². The number of halogens is 1. The fourth-order valence-electron chi connectivity index (χ4n) is 2.42. The highest BCUT2D eigenvalue weighted by Gasteiger charge is 2.28. The molecule has 2 rings (SSSR count). The van der Waals surface area contributed by atoms with E-state index >= 15 is 0 Å². The Morgan fingerprint density at radius 2 is 2.25 bits per heavy atom. The summed E-state index contributed by atoms with van der Waals surface area (Å²) in [4.78, 5) is 12.2. The molecular formula is C14H18FNO4. The molecule has 110 valence electrons. The normalized spacial score (nSPS) is 18.5. The Morgan fingerprint density at radius 1 is 1.45 bits per heavy atom. The van der Waals surface area contributed by atoms with Crippen LogP contribution in [0.5, 0.6) is 0 Å². The summed E-state index contributed by atoms with van der Waals surface area (Å²) in [5.74, 6) is -0.383. The molecule has 1 saturated heterocycles. The highest BCUT2D eigenvalue weighted by molar-refractivity contribution is 5.65. The predicted molar refractivity (Wildman–Crippen MR) is 69.7 cm³/mol. The SMILES string of the molecule is O=C(O)N1CCCC1OCCc1ccc(F)cc1CO. The Hall–Kier alpha value is -1.66. The molecular weight excluding hydrogens is 265 g/mol. The molecule has 0 aliphatic carbocycles. The number of aliphatic hydroxyl groups excluding tert-OH is 1. The van der Waals surface area contributed by atoms with Gasteiger partial charge in [0.25, 0.3) is 0 Å². The maximum Gasteiger partial charge on any atom is 0.409 e. The van der Waals surface area contributed by atoms with Gasteiger partial charge in [0.2, 0.25) is 0 Å². The molecule has 0 spiro atoms. The van der Waals surface area contributed by atoms with Crippen molar-refractivity contribution in [3.63, 3.8) is 0 Å². The smallest absolute Gasteiger partial charge is 0.409 e. The lowest BCUT2D eigenvalue weighted by molar-refractivity contribution is -0.0244. The van der Waals surface area contributed by atoms with E-state index in [0.717, 1.165) is 12.0 Å². The summed E-state index contributed by atoms with van der Waals surface area (Å²) in [6.45, 7) is 0.614. The summed E-state index contributed by atoms with van der Waals surface area (Å²) < 4.78 is 18.6. The first-order chi connectivity index (χ1) is 9.61. The molecule has 20 heavy (non-hydrogen) atoms. The van der Waals surface area contributed by atoms with Crippen LogP contribution in [0.3, 0.4) is 0 Å². The van der Waals surface area contributed by atoms with Gasteiger partial charge in [-0.2, -0.15) is 0 Å². The van der Waals surface area contributed by atoms with Gasteiger partial charge in [0, 0.05) is 6.54 Å². The average molecular weight is 283 g/mol. The van der Waals surface area contributed by atoms with Crippen molar-refractivity contribution in [2.75, 3.05) is 13.2 Å². The molecule has 1 aromatic carbocycles. The van der Waals surface area contributed by atoms with Crippen molar-refractivity contribution >= 4 is 6.09 Å². The average Bonchev–Trinajstić information content (AvgIpc) is 2.89. The molecule has 1 unspecified atom stereocenters. The third kappa shape index (κ3) is 3.46. The molecule has 1 amide bonds. The first kappa shape index (κ1) is 14.7. The molecule has 2 N–H and O–H groups in total. The molecule has 0 saturated carbocycles. The number of rotatable bonds is 5. The fourth-order valence-corrected chi connectivity index (χ4v) is 2.42. The van der Waals surface area contributed by atoms with Crippen molar-refractivity contribution in [3.8, 4) is 0 Å². The topological polar surface area (TPSA) is 70.0 Å². The van der Waals surface area contributed by atoms with E-state index in [0.29, 0.717) is 31.6 Å². The zero-order valence-corrected chi connectivity index (χ0v) is 11.1. The van der Waals surface area contributed by atoms with Gasteiger partial charge in [-0.05, 0) is 42.5 Å². The molecule has 6 heteroatoms. The maximum absolute atomic E-state index is 13.0. The van der Waals surface area contributed by atoms with Gasteiger partial charge in [0.05, 0.1) is 13.2 Å². The lowest BCUT2D eigenvalue weighted by Crippen LogP contribution is -2.36. The van der Waals surface area contributed by atoms with Gasteiger partial charge in [-0.25, -0.2) is 9.18 Å². The quantitative estimate of drug-likeness (QED) is 0.867. The van der Waals surface area contributed by atoms with Crippen molar-refractivity contribution in [1.82, 2.24) is 4.90 Å². The van der Waals surface area contributed by atoms with E-state index in [1.54, 1.807) is 6.07 Å². The second-order valence-electron chi connectivity index (χ2n) is 4.76. The van der Waals surface area contributed by atoms with Crippen LogP contribution in [-0.4, -0.2) is 40.6 Å². The van der Waals surface area contributed by atoms with Crippen molar-refractivity contribution < 1.29 is 24.1 Å². The summed E-state index contributed by atoms with van der Waals surface area (Å²) in [5.41, 5.74) is 1.35. The number of hydrogen-bond acceptors (Lipinski definition) is 3. The summed E-state index contributed by atoms with van der Waals surface area (Å²) in [6.07, 6.45) is 0.647. The van der Waals surface area contributed by atoms with E-state index in [1.165, 1.54) is 17.0 Å². The second-order valence-corrected chi connectivity index (χ2v) is 4.76. The van der Waals surface area contributed by atoms with Crippen LogP contribution in [0.25, 0.3) is 0 Å². The number of hydrogen-bond donors (Lipinski definition) is 2. The third-order valence-electron chi connectivity index (χ3n) is 3.46. The minimum atomic E-state index is -0.967. The van der Waals surface area contributed by atoms with E-state index in [1.807, 2.05) is 0 Å². The summed E-state index contributed by atoms with van der Waals surface area (Å²) in [6, 6.07) is 4.26. The van der Waals surface area contributed by atoms with Crippen LogP contribution in [0.15, 0.2) is 18.2 Å². The zero-order valence-electron chi connectivity index (χ0n) is 11.1. The highest BCUT2D eigenvalue weighted by Crippen LogP contribution is 2.19. The van der Waals surface area contributed by atoms with Gasteiger partial charge in [0.15, 0.2) is 0 Å². The van der Waals surface area contributed by atoms with Crippen molar-refractivity contribution in [2.45, 2.75) is 32.1 Å². The van der Waals surface area contributed by atoms with E-state index in [4.69, 9.17) is 9.84 Å². The Morgan fingerprint density at radius 3 is 2.95 bits per heavy atom. The maximum atomic E-state index is 13.0. The summed E-state index contributed by atoms with van der Waals surface area (Å²) >= 11 is 0. The van der Waals surface area contributed by atoms with Gasteiger partial charge in [0.1, 0.15) is 12.0 Å². The molecule has 0 radical (unpaired) electrons. The number of ether oxygens (including phenoxy) is 1. The standard InChI is InChI=1S/C14H18FNO4/c15-12-4-3-10(11(8-12)9-17)5-7-20-13-2-1-6-16(13)14(18)19/h3-4,8,13,17H,1-2,5-7,9H2,(H,18,19). The molecule has 1 atom stereocenters. The minimum absolute atomic E-state index is 0.224. The van der Waals surface area contributed by atoms with E-state index in [2.05, 4.69) is 0 Å². The molecule has 1 aromatic rings. The van der Waals surface area contributed by atoms with E-state index in [9.17, 15) is 14.3 Å². The zero-order chi connectivity index (χ0) is 14.5. The lowest BCUT2D eigenvalue weighted by atomic mass is 10.1. The monoisotopic (exact) mass is 283 g/mol. The first-order valence-corrected chi connectivity index (χ1v) is 6.61. The van der Waals surface area contributed by atoms with Crippen LogP contribution in [0.2, 0.25) is 0 Å². The van der Waals surface area contributed by atoms with Crippen LogP contribution < -0.4 is 0 Å².